The molecule has 0 amide bonds. The lowest BCUT2D eigenvalue weighted by molar-refractivity contribution is 1.26. The Morgan fingerprint density at radius 1 is 1.29 bits per heavy atom. The summed E-state index contributed by atoms with van der Waals surface area (Å²) in [5.41, 5.74) is 6.62. The van der Waals surface area contributed by atoms with Crippen molar-refractivity contribution in [2.24, 2.45) is 5.73 Å². The molecule has 1 aromatic rings. The molecule has 0 heterocycles. The largest absolute Gasteiger partial charge is 0.327 e. The lowest BCUT2D eigenvalue weighted by Crippen LogP contribution is -1.91. The molecular weight excluding hydrogens is 190 g/mol. The van der Waals surface area contributed by atoms with Crippen LogP contribution in [-0.4, -0.2) is 11.8 Å². The third-order valence-electron chi connectivity index (χ3n) is 2.15. The van der Waals surface area contributed by atoms with Gasteiger partial charge < -0.3 is 5.73 Å². The number of thioether (sulfide) groups is 1. The Kier molecular flexibility index (Phi) is 3.27. The van der Waals surface area contributed by atoms with Crippen molar-refractivity contribution in [2.45, 2.75) is 23.0 Å². The van der Waals surface area contributed by atoms with Gasteiger partial charge in [0.05, 0.1) is 0 Å². The molecule has 2 N–H and O–H groups in total. The van der Waals surface area contributed by atoms with Crippen molar-refractivity contribution in [3.8, 4) is 0 Å². The van der Waals surface area contributed by atoms with Crippen molar-refractivity contribution >= 4 is 17.8 Å². The highest BCUT2D eigenvalue weighted by Gasteiger charge is 2.22. The highest BCUT2D eigenvalue weighted by atomic mass is 32.2. The van der Waals surface area contributed by atoms with Crippen molar-refractivity contribution in [2.75, 3.05) is 6.54 Å². The first-order valence-corrected chi connectivity index (χ1v) is 5.90. The summed E-state index contributed by atoms with van der Waals surface area (Å²) in [6, 6.07) is 8.69. The number of rotatable bonds is 4. The Hall–Kier alpha value is -0.730. The molecule has 1 aliphatic carbocycles. The average Bonchev–Trinajstić information content (AvgIpc) is 3.01. The van der Waals surface area contributed by atoms with Crippen LogP contribution in [0.15, 0.2) is 35.2 Å². The molecule has 0 aromatic heterocycles. The van der Waals surface area contributed by atoms with E-state index in [0.717, 1.165) is 5.25 Å². The molecule has 1 aromatic carbocycles. The summed E-state index contributed by atoms with van der Waals surface area (Å²) in [5.74, 6) is 0. The lowest BCUT2D eigenvalue weighted by Gasteiger charge is -1.99. The van der Waals surface area contributed by atoms with Crippen LogP contribution in [-0.2, 0) is 0 Å². The van der Waals surface area contributed by atoms with Crippen LogP contribution in [0.2, 0.25) is 0 Å². The molecule has 14 heavy (non-hydrogen) atoms. The van der Waals surface area contributed by atoms with Crippen LogP contribution in [0.3, 0.4) is 0 Å². The number of hydrogen-bond acceptors (Lipinski definition) is 2. The predicted octanol–water partition coefficient (Wildman–Crippen LogP) is 2.91. The Labute approximate surface area is 89.4 Å². The maximum absolute atomic E-state index is 5.39. The van der Waals surface area contributed by atoms with Crippen molar-refractivity contribution < 1.29 is 0 Å². The smallest absolute Gasteiger partial charge is 0.0110 e. The lowest BCUT2D eigenvalue weighted by atomic mass is 10.2. The standard InChI is InChI=1S/C12H15NS/c13-9-1-2-10-3-5-11(6-4-10)14-12-7-8-12/h1-6,12H,7-9,13H2/b2-1+. The van der Waals surface area contributed by atoms with Crippen LogP contribution in [0.5, 0.6) is 0 Å². The van der Waals surface area contributed by atoms with Gasteiger partial charge in [0.25, 0.3) is 0 Å². The van der Waals surface area contributed by atoms with E-state index < -0.39 is 0 Å². The van der Waals surface area contributed by atoms with E-state index in [0.29, 0.717) is 6.54 Å². The minimum Gasteiger partial charge on any atom is -0.327 e. The second kappa shape index (κ2) is 4.67. The van der Waals surface area contributed by atoms with E-state index in [1.807, 2.05) is 17.8 Å². The van der Waals surface area contributed by atoms with Gasteiger partial charge in [-0.3, -0.25) is 0 Å². The summed E-state index contributed by atoms with van der Waals surface area (Å²) < 4.78 is 0. The van der Waals surface area contributed by atoms with Crippen LogP contribution >= 0.6 is 11.8 Å². The van der Waals surface area contributed by atoms with Gasteiger partial charge >= 0.3 is 0 Å². The predicted molar refractivity (Wildman–Crippen MR) is 63.4 cm³/mol. The minimum absolute atomic E-state index is 0.610. The molecule has 0 bridgehead atoms. The van der Waals surface area contributed by atoms with Gasteiger partial charge in [0.1, 0.15) is 0 Å². The Morgan fingerprint density at radius 3 is 2.57 bits per heavy atom. The minimum atomic E-state index is 0.610. The van der Waals surface area contributed by atoms with Crippen molar-refractivity contribution in [1.82, 2.24) is 0 Å². The van der Waals surface area contributed by atoms with Gasteiger partial charge in [-0.05, 0) is 30.5 Å². The summed E-state index contributed by atoms with van der Waals surface area (Å²) in [6.07, 6.45) is 6.81. The van der Waals surface area contributed by atoms with Gasteiger partial charge in [-0.1, -0.05) is 24.3 Å². The summed E-state index contributed by atoms with van der Waals surface area (Å²) in [6.45, 7) is 0.610. The molecular formula is C12H15NS. The van der Waals surface area contributed by atoms with Crippen LogP contribution in [0.4, 0.5) is 0 Å². The molecule has 0 aliphatic heterocycles. The summed E-state index contributed by atoms with van der Waals surface area (Å²) in [5, 5.41) is 0.889. The highest BCUT2D eigenvalue weighted by molar-refractivity contribution is 8.00. The summed E-state index contributed by atoms with van der Waals surface area (Å²) >= 11 is 1.99. The third kappa shape index (κ3) is 2.89. The van der Waals surface area contributed by atoms with E-state index in [4.69, 9.17) is 5.73 Å². The zero-order chi connectivity index (χ0) is 9.80. The van der Waals surface area contributed by atoms with Crippen LogP contribution in [0.1, 0.15) is 18.4 Å². The first kappa shape index (κ1) is 9.81. The Bertz CT molecular complexity index is 312. The quantitative estimate of drug-likeness (QED) is 0.818. The van der Waals surface area contributed by atoms with Gasteiger partial charge in [-0.25, -0.2) is 0 Å². The zero-order valence-corrected chi connectivity index (χ0v) is 8.96. The zero-order valence-electron chi connectivity index (χ0n) is 8.15. The fraction of sp³-hybridized carbons (Fsp3) is 0.333. The third-order valence-corrected chi connectivity index (χ3v) is 3.50. The van der Waals surface area contributed by atoms with Crippen molar-refractivity contribution in [1.29, 1.82) is 0 Å². The number of hydrogen-bond donors (Lipinski definition) is 1. The second-order valence-electron chi connectivity index (χ2n) is 3.52. The molecule has 0 spiro atoms. The summed E-state index contributed by atoms with van der Waals surface area (Å²) in [7, 11) is 0. The molecule has 1 fully saturated rings. The first-order valence-electron chi connectivity index (χ1n) is 5.02. The molecule has 0 saturated heterocycles. The average molecular weight is 205 g/mol. The van der Waals surface area contributed by atoms with E-state index in [2.05, 4.69) is 30.3 Å². The Balaban J connectivity index is 1.97. The van der Waals surface area contributed by atoms with E-state index in [1.54, 1.807) is 0 Å². The maximum atomic E-state index is 5.39. The van der Waals surface area contributed by atoms with Gasteiger partial charge in [0, 0.05) is 16.7 Å². The van der Waals surface area contributed by atoms with Gasteiger partial charge in [-0.15, -0.1) is 11.8 Å². The molecule has 2 rings (SSSR count). The van der Waals surface area contributed by atoms with Gasteiger partial charge in [0.2, 0.25) is 0 Å². The number of benzene rings is 1. The molecule has 2 heteroatoms. The monoisotopic (exact) mass is 205 g/mol. The Morgan fingerprint density at radius 2 is 2.00 bits per heavy atom. The van der Waals surface area contributed by atoms with Gasteiger partial charge in [-0.2, -0.15) is 0 Å². The van der Waals surface area contributed by atoms with Crippen molar-refractivity contribution in [3.05, 3.63) is 35.9 Å². The SMILES string of the molecule is NC/C=C/c1ccc(SC2CC2)cc1. The van der Waals surface area contributed by atoms with E-state index in [-0.39, 0.29) is 0 Å². The molecule has 1 aliphatic rings. The van der Waals surface area contributed by atoms with Crippen LogP contribution in [0, 0.1) is 0 Å². The van der Waals surface area contributed by atoms with E-state index in [9.17, 15) is 0 Å². The maximum Gasteiger partial charge on any atom is 0.0110 e. The molecule has 74 valence electrons. The van der Waals surface area contributed by atoms with Gasteiger partial charge in [0.15, 0.2) is 0 Å². The molecule has 0 radical (unpaired) electrons. The fourth-order valence-corrected chi connectivity index (χ4v) is 2.29. The van der Waals surface area contributed by atoms with E-state index >= 15 is 0 Å². The van der Waals surface area contributed by atoms with E-state index in [1.165, 1.54) is 23.3 Å². The van der Waals surface area contributed by atoms with Crippen LogP contribution in [0.25, 0.3) is 6.08 Å². The first-order chi connectivity index (χ1) is 6.88. The molecule has 0 atom stereocenters. The normalized spacial score (nSPS) is 16.4. The van der Waals surface area contributed by atoms with Crippen LogP contribution < -0.4 is 5.73 Å². The fourth-order valence-electron chi connectivity index (χ4n) is 1.24. The number of nitrogens with two attached hydrogens (primary N) is 1. The molecule has 0 unspecified atom stereocenters. The van der Waals surface area contributed by atoms with Crippen molar-refractivity contribution in [3.63, 3.8) is 0 Å². The molecule has 1 nitrogen and oxygen atoms in total. The second-order valence-corrected chi connectivity index (χ2v) is 4.90. The highest BCUT2D eigenvalue weighted by Crippen LogP contribution is 2.38. The summed E-state index contributed by atoms with van der Waals surface area (Å²) in [4.78, 5) is 1.39. The molecule has 1 saturated carbocycles. The topological polar surface area (TPSA) is 26.0 Å².